The summed E-state index contributed by atoms with van der Waals surface area (Å²) in [6, 6.07) is -0.728. The van der Waals surface area contributed by atoms with E-state index in [1.54, 1.807) is 21.1 Å². The van der Waals surface area contributed by atoms with E-state index in [2.05, 4.69) is 56.4 Å². The lowest BCUT2D eigenvalue weighted by Gasteiger charge is -2.34. The minimum Gasteiger partial charge on any atom is -0.544 e. The fourth-order valence-electron chi connectivity index (χ4n) is 5.61. The lowest BCUT2D eigenvalue weighted by molar-refractivity contribution is -0.889. The van der Waals surface area contributed by atoms with Crippen molar-refractivity contribution >= 4 is 17.9 Å². The van der Waals surface area contributed by atoms with E-state index in [-0.39, 0.29) is 42.7 Å². The number of rotatable bonds is 35. The third-order valence-corrected chi connectivity index (χ3v) is 8.81. The van der Waals surface area contributed by atoms with Gasteiger partial charge in [-0.2, -0.15) is 0 Å². The molecule has 0 aromatic carbocycles. The fourth-order valence-corrected chi connectivity index (χ4v) is 5.61. The van der Waals surface area contributed by atoms with Crippen LogP contribution in [0.4, 0.5) is 0 Å². The normalized spacial score (nSPS) is 13.5. The van der Waals surface area contributed by atoms with E-state index < -0.39 is 18.1 Å². The molecule has 8 heteroatoms. The minimum atomic E-state index is -1.13. The summed E-state index contributed by atoms with van der Waals surface area (Å²) < 4.78 is 17.1. The number of hydrogen-bond acceptors (Lipinski definition) is 7. The molecular weight excluding hydrogens is 642 g/mol. The van der Waals surface area contributed by atoms with E-state index in [9.17, 15) is 19.5 Å². The smallest absolute Gasteiger partial charge is 0.306 e. The van der Waals surface area contributed by atoms with E-state index in [4.69, 9.17) is 14.2 Å². The second-order valence-electron chi connectivity index (χ2n) is 14.6. The number of esters is 2. The van der Waals surface area contributed by atoms with Crippen LogP contribution in [0.5, 0.6) is 0 Å². The van der Waals surface area contributed by atoms with E-state index in [0.29, 0.717) is 12.8 Å². The number of aliphatic carboxylic acids is 1. The van der Waals surface area contributed by atoms with Crippen LogP contribution in [0.3, 0.4) is 0 Å². The highest BCUT2D eigenvalue weighted by Gasteiger charge is 2.25. The Morgan fingerprint density at radius 1 is 0.588 bits per heavy atom. The molecule has 0 saturated carbocycles. The fraction of sp³-hybridized carbons (Fsp3) is 0.744. The van der Waals surface area contributed by atoms with Crippen molar-refractivity contribution in [1.29, 1.82) is 0 Å². The Morgan fingerprint density at radius 3 is 1.57 bits per heavy atom. The van der Waals surface area contributed by atoms with Crippen LogP contribution in [0.25, 0.3) is 0 Å². The summed E-state index contributed by atoms with van der Waals surface area (Å²) in [6.07, 6.45) is 38.5. The number of carboxylic acid groups (broad SMARTS) is 1. The van der Waals surface area contributed by atoms with Crippen molar-refractivity contribution in [2.75, 3.05) is 41.0 Å². The van der Waals surface area contributed by atoms with Crippen molar-refractivity contribution in [1.82, 2.24) is 0 Å². The van der Waals surface area contributed by atoms with Gasteiger partial charge in [-0.1, -0.05) is 146 Å². The van der Waals surface area contributed by atoms with Crippen molar-refractivity contribution in [2.45, 2.75) is 167 Å². The first-order valence-electron chi connectivity index (χ1n) is 20.2. The Hall–Kier alpha value is -2.71. The van der Waals surface area contributed by atoms with Crippen LogP contribution in [0.1, 0.15) is 155 Å². The quantitative estimate of drug-likeness (QED) is 0.0279. The van der Waals surface area contributed by atoms with Crippen molar-refractivity contribution in [3.63, 3.8) is 0 Å². The number of allylic oxidation sites excluding steroid dienone is 8. The summed E-state index contributed by atoms with van der Waals surface area (Å²) in [5.41, 5.74) is 0. The van der Waals surface area contributed by atoms with Gasteiger partial charge in [0.15, 0.2) is 6.10 Å². The van der Waals surface area contributed by atoms with Crippen molar-refractivity contribution in [2.24, 2.45) is 0 Å². The van der Waals surface area contributed by atoms with Gasteiger partial charge in [-0.15, -0.1) is 0 Å². The molecule has 0 spiro atoms. The van der Waals surface area contributed by atoms with E-state index in [1.165, 1.54) is 57.8 Å². The van der Waals surface area contributed by atoms with Crippen LogP contribution in [-0.4, -0.2) is 75.5 Å². The molecule has 0 aromatic heterocycles. The summed E-state index contributed by atoms with van der Waals surface area (Å²) in [4.78, 5) is 36.6. The lowest BCUT2D eigenvalue weighted by atomic mass is 10.1. The summed E-state index contributed by atoms with van der Waals surface area (Å²) in [7, 11) is 5.38. The standard InChI is InChI=1S/C43H75NO7/c1-6-8-10-12-14-16-17-18-19-20-21-22-23-24-26-27-29-31-33-41(45)50-38-39(37-49-36-35-40(43(47)48)44(3,4)5)51-42(46)34-32-30-28-25-15-13-11-9-7-2/h14,16-22,39-40H,6-13,15,23-38H2,1-5H3/b16-14+,18-17+,20-19+,22-21+. The number of carbonyl (C=O) groups excluding carboxylic acids is 3. The maximum Gasteiger partial charge on any atom is 0.306 e. The van der Waals surface area contributed by atoms with E-state index in [0.717, 1.165) is 64.2 Å². The Labute approximate surface area is 312 Å². The topological polar surface area (TPSA) is 102 Å². The molecule has 0 saturated heterocycles. The molecule has 0 amide bonds. The van der Waals surface area contributed by atoms with Gasteiger partial charge in [-0.3, -0.25) is 9.59 Å². The van der Waals surface area contributed by atoms with Gasteiger partial charge < -0.3 is 28.6 Å². The van der Waals surface area contributed by atoms with Gasteiger partial charge in [0.2, 0.25) is 0 Å². The number of likely N-dealkylation sites (N-methyl/N-ethyl adjacent to an activating group) is 1. The first-order chi connectivity index (χ1) is 24.6. The van der Waals surface area contributed by atoms with Gasteiger partial charge >= 0.3 is 11.9 Å². The Morgan fingerprint density at radius 2 is 1.04 bits per heavy atom. The predicted molar refractivity (Wildman–Crippen MR) is 208 cm³/mol. The molecule has 0 radical (unpaired) electrons. The number of nitrogens with zero attached hydrogens (tertiary/aromatic N) is 1. The minimum absolute atomic E-state index is 0.0329. The van der Waals surface area contributed by atoms with Crippen LogP contribution in [0.15, 0.2) is 48.6 Å². The number of hydrogen-bond donors (Lipinski definition) is 0. The molecule has 0 heterocycles. The molecule has 0 rings (SSSR count). The maximum atomic E-state index is 12.6. The van der Waals surface area contributed by atoms with E-state index >= 15 is 0 Å². The van der Waals surface area contributed by atoms with E-state index in [1.807, 2.05) is 6.08 Å². The second-order valence-corrected chi connectivity index (χ2v) is 14.6. The Kier molecular flexibility index (Phi) is 32.6. The monoisotopic (exact) mass is 718 g/mol. The van der Waals surface area contributed by atoms with Crippen LogP contribution in [0, 0.1) is 0 Å². The Balaban J connectivity index is 4.39. The number of carboxylic acids is 1. The molecular formula is C43H75NO7. The average molecular weight is 718 g/mol. The highest BCUT2D eigenvalue weighted by molar-refractivity contribution is 5.70. The molecule has 0 aromatic rings. The lowest BCUT2D eigenvalue weighted by Crippen LogP contribution is -2.55. The molecule has 8 nitrogen and oxygen atoms in total. The molecule has 0 fully saturated rings. The molecule has 0 N–H and O–H groups in total. The Bertz CT molecular complexity index is 979. The van der Waals surface area contributed by atoms with Gasteiger partial charge in [0, 0.05) is 19.3 Å². The molecule has 0 aliphatic rings. The first kappa shape index (κ1) is 48.3. The van der Waals surface area contributed by atoms with Gasteiger partial charge in [0.1, 0.15) is 12.6 Å². The summed E-state index contributed by atoms with van der Waals surface area (Å²) in [6.45, 7) is 4.56. The first-order valence-corrected chi connectivity index (χ1v) is 20.2. The molecule has 0 aliphatic heterocycles. The number of quaternary nitrogens is 1. The van der Waals surface area contributed by atoms with Crippen molar-refractivity contribution < 1.29 is 38.2 Å². The number of ether oxygens (including phenoxy) is 3. The average Bonchev–Trinajstić information content (AvgIpc) is 3.08. The SMILES string of the molecule is CCCCC/C=C/C=C/C=C/C=C/CCCCCCCC(=O)OCC(COCCC(C(=O)[O-])[N+](C)(C)C)OC(=O)CCCCCCCCCCC. The molecule has 2 unspecified atom stereocenters. The number of unbranched alkanes of at least 4 members (excludes halogenated alkanes) is 16. The highest BCUT2D eigenvalue weighted by Crippen LogP contribution is 2.13. The third-order valence-electron chi connectivity index (χ3n) is 8.81. The van der Waals surface area contributed by atoms with Gasteiger partial charge in [-0.05, 0) is 38.5 Å². The zero-order chi connectivity index (χ0) is 37.8. The zero-order valence-electron chi connectivity index (χ0n) is 33.3. The molecule has 51 heavy (non-hydrogen) atoms. The second kappa shape index (κ2) is 34.4. The van der Waals surface area contributed by atoms with Crippen LogP contribution in [-0.2, 0) is 28.6 Å². The van der Waals surface area contributed by atoms with Crippen LogP contribution >= 0.6 is 0 Å². The zero-order valence-corrected chi connectivity index (χ0v) is 33.3. The number of carbonyl (C=O) groups is 3. The highest BCUT2D eigenvalue weighted by atomic mass is 16.6. The van der Waals surface area contributed by atoms with Gasteiger partial charge in [-0.25, -0.2) is 0 Å². The molecule has 0 bridgehead atoms. The summed E-state index contributed by atoms with van der Waals surface area (Å²) in [5.74, 6) is -1.77. The van der Waals surface area contributed by atoms with Crippen molar-refractivity contribution in [3.05, 3.63) is 48.6 Å². The largest absolute Gasteiger partial charge is 0.544 e. The van der Waals surface area contributed by atoms with Gasteiger partial charge in [0.05, 0.1) is 40.3 Å². The van der Waals surface area contributed by atoms with Crippen LogP contribution in [0.2, 0.25) is 0 Å². The predicted octanol–water partition coefficient (Wildman–Crippen LogP) is 9.13. The van der Waals surface area contributed by atoms with Gasteiger partial charge in [0.25, 0.3) is 0 Å². The third kappa shape index (κ3) is 32.9. The van der Waals surface area contributed by atoms with Crippen molar-refractivity contribution in [3.8, 4) is 0 Å². The molecule has 2 atom stereocenters. The summed E-state index contributed by atoms with van der Waals surface area (Å²) >= 11 is 0. The molecule has 294 valence electrons. The maximum absolute atomic E-state index is 12.6. The molecule has 0 aliphatic carbocycles. The van der Waals surface area contributed by atoms with Crippen LogP contribution < -0.4 is 5.11 Å². The summed E-state index contributed by atoms with van der Waals surface area (Å²) in [5, 5.41) is 11.6.